The maximum Gasteiger partial charge on any atom is 0.138 e. The number of benzene rings is 1. The van der Waals surface area contributed by atoms with Gasteiger partial charge in [-0.3, -0.25) is 4.98 Å². The lowest BCUT2D eigenvalue weighted by Gasteiger charge is -2.26. The van der Waals surface area contributed by atoms with E-state index in [0.717, 1.165) is 10.0 Å². The third kappa shape index (κ3) is 3.19. The van der Waals surface area contributed by atoms with Crippen molar-refractivity contribution in [3.8, 4) is 5.75 Å². The predicted octanol–water partition coefficient (Wildman–Crippen LogP) is 3.89. The van der Waals surface area contributed by atoms with E-state index in [1.807, 2.05) is 44.2 Å². The van der Waals surface area contributed by atoms with Crippen LogP contribution in [-0.4, -0.2) is 16.2 Å². The van der Waals surface area contributed by atoms with E-state index in [1.165, 1.54) is 0 Å². The highest BCUT2D eigenvalue weighted by atomic mass is 79.9. The summed E-state index contributed by atoms with van der Waals surface area (Å²) < 4.78 is 6.49. The number of aliphatic hydroxyl groups is 1. The number of aromatic nitrogens is 1. The van der Waals surface area contributed by atoms with Gasteiger partial charge in [-0.15, -0.1) is 0 Å². The van der Waals surface area contributed by atoms with Crippen molar-refractivity contribution in [2.75, 3.05) is 0 Å². The third-order valence-electron chi connectivity index (χ3n) is 3.05. The van der Waals surface area contributed by atoms with Gasteiger partial charge in [-0.1, -0.05) is 34.1 Å². The molecule has 2 aromatic rings. The Labute approximate surface area is 127 Å². The van der Waals surface area contributed by atoms with E-state index in [4.69, 9.17) is 4.74 Å². The topological polar surface area (TPSA) is 42.4 Å². The zero-order valence-corrected chi connectivity index (χ0v) is 13.4. The first-order valence-electron chi connectivity index (χ1n) is 6.51. The van der Waals surface area contributed by atoms with Crippen molar-refractivity contribution >= 4 is 15.9 Å². The number of hydrogen-bond acceptors (Lipinski definition) is 3. The molecular formula is C16H18BrNO2. The van der Waals surface area contributed by atoms with Crippen LogP contribution in [0.15, 0.2) is 47.2 Å². The summed E-state index contributed by atoms with van der Waals surface area (Å²) in [6, 6.07) is 9.44. The van der Waals surface area contributed by atoms with Crippen molar-refractivity contribution in [3.05, 3.63) is 58.3 Å². The van der Waals surface area contributed by atoms with Gasteiger partial charge in [0, 0.05) is 21.8 Å². The maximum atomic E-state index is 10.9. The highest BCUT2D eigenvalue weighted by molar-refractivity contribution is 9.10. The summed E-state index contributed by atoms with van der Waals surface area (Å²) in [4.78, 5) is 4.16. The van der Waals surface area contributed by atoms with Gasteiger partial charge in [-0.05, 0) is 32.9 Å². The van der Waals surface area contributed by atoms with Crippen LogP contribution in [0.4, 0.5) is 0 Å². The Morgan fingerprint density at radius 2 is 1.95 bits per heavy atom. The fourth-order valence-corrected chi connectivity index (χ4v) is 2.70. The van der Waals surface area contributed by atoms with Crippen molar-refractivity contribution in [2.24, 2.45) is 0 Å². The number of rotatable bonds is 4. The summed E-state index contributed by atoms with van der Waals surface area (Å²) in [7, 11) is 0. The molecule has 1 heterocycles. The molecule has 0 spiro atoms. The summed E-state index contributed by atoms with van der Waals surface area (Å²) in [5.74, 6) is 0.657. The van der Waals surface area contributed by atoms with E-state index in [9.17, 15) is 5.11 Å². The molecule has 0 radical (unpaired) electrons. The molecule has 0 aliphatic carbocycles. The van der Waals surface area contributed by atoms with E-state index in [2.05, 4.69) is 20.9 Å². The fraction of sp³-hybridized carbons (Fsp3) is 0.312. The minimum Gasteiger partial charge on any atom is -0.489 e. The molecular weight excluding hydrogens is 318 g/mol. The third-order valence-corrected chi connectivity index (χ3v) is 3.74. The fourth-order valence-electron chi connectivity index (χ4n) is 2.03. The first-order valence-corrected chi connectivity index (χ1v) is 7.30. The highest BCUT2D eigenvalue weighted by Crippen LogP contribution is 2.34. The number of halogens is 1. The van der Waals surface area contributed by atoms with Gasteiger partial charge in [0.2, 0.25) is 0 Å². The lowest BCUT2D eigenvalue weighted by Crippen LogP contribution is -2.23. The Morgan fingerprint density at radius 3 is 2.60 bits per heavy atom. The van der Waals surface area contributed by atoms with Gasteiger partial charge in [0.25, 0.3) is 0 Å². The average molecular weight is 336 g/mol. The minimum absolute atomic E-state index is 0.0699. The van der Waals surface area contributed by atoms with Gasteiger partial charge in [-0.25, -0.2) is 0 Å². The quantitative estimate of drug-likeness (QED) is 0.921. The SMILES string of the molecule is CC(C)Oc1cncc(C(C)(O)c2ccccc2Br)c1. The normalized spacial score (nSPS) is 14.1. The molecule has 1 atom stereocenters. The molecule has 0 aliphatic rings. The van der Waals surface area contributed by atoms with Crippen LogP contribution in [0.1, 0.15) is 31.9 Å². The Balaban J connectivity index is 2.41. The lowest BCUT2D eigenvalue weighted by atomic mass is 9.89. The van der Waals surface area contributed by atoms with Crippen LogP contribution in [0.2, 0.25) is 0 Å². The molecule has 4 heteroatoms. The largest absolute Gasteiger partial charge is 0.489 e. The van der Waals surface area contributed by atoms with Crippen molar-refractivity contribution < 1.29 is 9.84 Å². The van der Waals surface area contributed by atoms with Gasteiger partial charge in [-0.2, -0.15) is 0 Å². The van der Waals surface area contributed by atoms with Crippen molar-refractivity contribution in [1.82, 2.24) is 4.98 Å². The molecule has 1 aromatic heterocycles. The zero-order chi connectivity index (χ0) is 14.8. The van der Waals surface area contributed by atoms with Crippen LogP contribution in [0, 0.1) is 0 Å². The number of nitrogens with zero attached hydrogens (tertiary/aromatic N) is 1. The summed E-state index contributed by atoms with van der Waals surface area (Å²) >= 11 is 3.48. The second kappa shape index (κ2) is 5.94. The molecule has 2 rings (SSSR count). The molecule has 0 fully saturated rings. The van der Waals surface area contributed by atoms with Crippen LogP contribution in [0.5, 0.6) is 5.75 Å². The molecule has 0 saturated heterocycles. The number of ether oxygens (including phenoxy) is 1. The second-order valence-electron chi connectivity index (χ2n) is 5.13. The van der Waals surface area contributed by atoms with E-state index >= 15 is 0 Å². The standard InChI is InChI=1S/C16H18BrNO2/c1-11(2)20-13-8-12(9-18-10-13)16(3,19)14-6-4-5-7-15(14)17/h4-11,19H,1-3H3. The van der Waals surface area contributed by atoms with Gasteiger partial charge in [0.05, 0.1) is 12.3 Å². The molecule has 0 saturated carbocycles. The summed E-state index contributed by atoms with van der Waals surface area (Å²) in [6.07, 6.45) is 3.38. The molecule has 106 valence electrons. The van der Waals surface area contributed by atoms with E-state index in [-0.39, 0.29) is 6.10 Å². The van der Waals surface area contributed by atoms with Crippen LogP contribution >= 0.6 is 15.9 Å². The van der Waals surface area contributed by atoms with Crippen molar-refractivity contribution in [2.45, 2.75) is 32.5 Å². The molecule has 0 aliphatic heterocycles. The average Bonchev–Trinajstić information content (AvgIpc) is 2.38. The van der Waals surface area contributed by atoms with Gasteiger partial charge in [0.15, 0.2) is 0 Å². The van der Waals surface area contributed by atoms with Crippen molar-refractivity contribution in [1.29, 1.82) is 0 Å². The van der Waals surface area contributed by atoms with Gasteiger partial charge < -0.3 is 9.84 Å². The smallest absolute Gasteiger partial charge is 0.138 e. The predicted molar refractivity (Wildman–Crippen MR) is 82.8 cm³/mol. The van der Waals surface area contributed by atoms with Crippen LogP contribution in [0.3, 0.4) is 0 Å². The second-order valence-corrected chi connectivity index (χ2v) is 5.98. The summed E-state index contributed by atoms with van der Waals surface area (Å²) in [5, 5.41) is 10.9. The van der Waals surface area contributed by atoms with Crippen LogP contribution < -0.4 is 4.74 Å². The monoisotopic (exact) mass is 335 g/mol. The molecule has 1 aromatic carbocycles. The molecule has 1 unspecified atom stereocenters. The maximum absolute atomic E-state index is 10.9. The van der Waals surface area contributed by atoms with Crippen LogP contribution in [0.25, 0.3) is 0 Å². The van der Waals surface area contributed by atoms with Gasteiger partial charge in [0.1, 0.15) is 11.4 Å². The van der Waals surface area contributed by atoms with E-state index < -0.39 is 5.60 Å². The highest BCUT2D eigenvalue weighted by Gasteiger charge is 2.28. The molecule has 3 nitrogen and oxygen atoms in total. The molecule has 0 bridgehead atoms. The first kappa shape index (κ1) is 15.0. The number of hydrogen-bond donors (Lipinski definition) is 1. The Hall–Kier alpha value is -1.39. The first-order chi connectivity index (χ1) is 9.41. The minimum atomic E-state index is -1.14. The van der Waals surface area contributed by atoms with Gasteiger partial charge >= 0.3 is 0 Å². The molecule has 1 N–H and O–H groups in total. The Bertz CT molecular complexity index is 597. The molecule has 0 amide bonds. The zero-order valence-electron chi connectivity index (χ0n) is 11.8. The van der Waals surface area contributed by atoms with Crippen LogP contribution in [-0.2, 0) is 5.60 Å². The van der Waals surface area contributed by atoms with Crippen molar-refractivity contribution in [3.63, 3.8) is 0 Å². The summed E-state index contributed by atoms with van der Waals surface area (Å²) in [6.45, 7) is 5.67. The Kier molecular flexibility index (Phi) is 4.45. The molecule has 20 heavy (non-hydrogen) atoms. The summed E-state index contributed by atoms with van der Waals surface area (Å²) in [5.41, 5.74) is 0.356. The lowest BCUT2D eigenvalue weighted by molar-refractivity contribution is 0.100. The number of pyridine rings is 1. The Morgan fingerprint density at radius 1 is 1.25 bits per heavy atom. The van der Waals surface area contributed by atoms with E-state index in [1.54, 1.807) is 19.3 Å². The van der Waals surface area contributed by atoms with E-state index in [0.29, 0.717) is 11.3 Å².